The van der Waals surface area contributed by atoms with Gasteiger partial charge in [0.2, 0.25) is 0 Å². The van der Waals surface area contributed by atoms with Crippen LogP contribution in [0.2, 0.25) is 0 Å². The van der Waals surface area contributed by atoms with Gasteiger partial charge in [-0.15, -0.1) is 23.1 Å². The second kappa shape index (κ2) is 6.72. The van der Waals surface area contributed by atoms with Gasteiger partial charge < -0.3 is 4.90 Å². The first-order chi connectivity index (χ1) is 11.1. The zero-order valence-electron chi connectivity index (χ0n) is 12.9. The van der Waals surface area contributed by atoms with E-state index in [4.69, 9.17) is 0 Å². The number of carbonyl (C=O) groups excluding carboxylic acids is 1. The van der Waals surface area contributed by atoms with Crippen molar-refractivity contribution in [2.24, 2.45) is 0 Å². The third kappa shape index (κ3) is 3.57. The van der Waals surface area contributed by atoms with Gasteiger partial charge >= 0.3 is 0 Å². The molecule has 1 amide bonds. The van der Waals surface area contributed by atoms with Crippen LogP contribution in [0.25, 0.3) is 10.1 Å². The molecule has 0 spiro atoms. The highest BCUT2D eigenvalue weighted by Gasteiger charge is 2.15. The maximum atomic E-state index is 13.3. The van der Waals surface area contributed by atoms with Crippen molar-refractivity contribution in [2.45, 2.75) is 11.4 Å². The summed E-state index contributed by atoms with van der Waals surface area (Å²) in [5.74, 6) is -0.322. The fourth-order valence-corrected chi connectivity index (χ4v) is 3.83. The van der Waals surface area contributed by atoms with E-state index in [9.17, 15) is 9.18 Å². The third-order valence-corrected chi connectivity index (χ3v) is 5.46. The van der Waals surface area contributed by atoms with Crippen molar-refractivity contribution in [3.8, 4) is 0 Å². The van der Waals surface area contributed by atoms with Crippen LogP contribution in [0.3, 0.4) is 0 Å². The van der Waals surface area contributed by atoms with Gasteiger partial charge in [0.05, 0.1) is 4.88 Å². The fourth-order valence-electron chi connectivity index (χ4n) is 2.38. The molecule has 0 unspecified atom stereocenters. The third-order valence-electron chi connectivity index (χ3n) is 3.61. The number of thiophene rings is 1. The molecule has 23 heavy (non-hydrogen) atoms. The SMILES string of the molecule is CSc1ccc(CN(C)C(=O)c2cc3cc(F)ccc3s2)cc1. The van der Waals surface area contributed by atoms with Crippen LogP contribution in [0.4, 0.5) is 4.39 Å². The van der Waals surface area contributed by atoms with Gasteiger partial charge in [0.1, 0.15) is 5.82 Å². The lowest BCUT2D eigenvalue weighted by Gasteiger charge is -2.16. The number of rotatable bonds is 4. The topological polar surface area (TPSA) is 20.3 Å². The summed E-state index contributed by atoms with van der Waals surface area (Å²) in [5, 5.41) is 0.774. The van der Waals surface area contributed by atoms with E-state index in [1.807, 2.05) is 18.4 Å². The first kappa shape index (κ1) is 16.0. The van der Waals surface area contributed by atoms with Crippen LogP contribution in [-0.2, 0) is 6.54 Å². The number of benzene rings is 2. The molecule has 1 aromatic heterocycles. The minimum absolute atomic E-state index is 0.0412. The molecule has 0 saturated heterocycles. The quantitative estimate of drug-likeness (QED) is 0.618. The maximum absolute atomic E-state index is 13.3. The highest BCUT2D eigenvalue weighted by Crippen LogP contribution is 2.27. The largest absolute Gasteiger partial charge is 0.337 e. The van der Waals surface area contributed by atoms with Crippen molar-refractivity contribution >= 4 is 39.1 Å². The zero-order valence-corrected chi connectivity index (χ0v) is 14.5. The van der Waals surface area contributed by atoms with Crippen LogP contribution in [0.5, 0.6) is 0 Å². The summed E-state index contributed by atoms with van der Waals surface area (Å²) in [6, 6.07) is 14.5. The summed E-state index contributed by atoms with van der Waals surface area (Å²) in [7, 11) is 1.79. The van der Waals surface area contributed by atoms with Gasteiger partial charge in [0, 0.05) is 23.2 Å². The number of hydrogen-bond donors (Lipinski definition) is 0. The zero-order chi connectivity index (χ0) is 16.4. The summed E-state index contributed by atoms with van der Waals surface area (Å²) in [6.07, 6.45) is 2.04. The van der Waals surface area contributed by atoms with Crippen molar-refractivity contribution in [1.29, 1.82) is 0 Å². The first-order valence-electron chi connectivity index (χ1n) is 7.14. The molecule has 5 heteroatoms. The molecule has 1 heterocycles. The second-order valence-electron chi connectivity index (χ2n) is 5.30. The van der Waals surface area contributed by atoms with E-state index in [0.717, 1.165) is 15.6 Å². The molecular weight excluding hydrogens is 329 g/mol. The number of carbonyl (C=O) groups is 1. The minimum atomic E-state index is -0.281. The summed E-state index contributed by atoms with van der Waals surface area (Å²) < 4.78 is 14.2. The van der Waals surface area contributed by atoms with Crippen LogP contribution in [0.15, 0.2) is 53.4 Å². The molecule has 0 atom stereocenters. The van der Waals surface area contributed by atoms with E-state index >= 15 is 0 Å². The Labute approximate surface area is 142 Å². The molecule has 3 aromatic rings. The highest BCUT2D eigenvalue weighted by atomic mass is 32.2. The van der Waals surface area contributed by atoms with Crippen LogP contribution < -0.4 is 0 Å². The standard InChI is InChI=1S/C18H16FNOS2/c1-20(11-12-3-6-15(22-2)7-4-12)18(21)17-10-13-9-14(19)5-8-16(13)23-17/h3-10H,11H2,1-2H3. The predicted molar refractivity (Wildman–Crippen MR) is 95.8 cm³/mol. The Kier molecular flexibility index (Phi) is 4.68. The van der Waals surface area contributed by atoms with Crippen LogP contribution in [0, 0.1) is 5.82 Å². The van der Waals surface area contributed by atoms with Gasteiger partial charge in [-0.1, -0.05) is 12.1 Å². The molecule has 0 radical (unpaired) electrons. The van der Waals surface area contributed by atoms with Gasteiger partial charge in [-0.2, -0.15) is 0 Å². The summed E-state index contributed by atoms with van der Waals surface area (Å²) in [4.78, 5) is 16.1. The molecular formula is C18H16FNOS2. The molecule has 0 aliphatic rings. The van der Waals surface area contributed by atoms with Gasteiger partial charge in [0.25, 0.3) is 5.91 Å². The molecule has 0 saturated carbocycles. The van der Waals surface area contributed by atoms with E-state index in [2.05, 4.69) is 12.1 Å². The van der Waals surface area contributed by atoms with E-state index in [-0.39, 0.29) is 11.7 Å². The number of nitrogens with zero attached hydrogens (tertiary/aromatic N) is 1. The van der Waals surface area contributed by atoms with Crippen molar-refractivity contribution < 1.29 is 9.18 Å². The van der Waals surface area contributed by atoms with E-state index in [1.165, 1.54) is 28.4 Å². The van der Waals surface area contributed by atoms with Crippen LogP contribution >= 0.6 is 23.1 Å². The number of amides is 1. The summed E-state index contributed by atoms with van der Waals surface area (Å²) in [6.45, 7) is 0.552. The van der Waals surface area contributed by atoms with Crippen molar-refractivity contribution in [3.63, 3.8) is 0 Å². The van der Waals surface area contributed by atoms with E-state index < -0.39 is 0 Å². The maximum Gasteiger partial charge on any atom is 0.264 e. The Hall–Kier alpha value is -1.85. The van der Waals surface area contributed by atoms with Crippen LogP contribution in [-0.4, -0.2) is 24.1 Å². The lowest BCUT2D eigenvalue weighted by atomic mass is 10.2. The Morgan fingerprint density at radius 2 is 1.91 bits per heavy atom. The molecule has 2 aromatic carbocycles. The fraction of sp³-hybridized carbons (Fsp3) is 0.167. The molecule has 3 rings (SSSR count). The summed E-state index contributed by atoms with van der Waals surface area (Å²) in [5.41, 5.74) is 1.09. The monoisotopic (exact) mass is 345 g/mol. The second-order valence-corrected chi connectivity index (χ2v) is 7.27. The van der Waals surface area contributed by atoms with Gasteiger partial charge in [0.15, 0.2) is 0 Å². The molecule has 118 valence electrons. The number of hydrogen-bond acceptors (Lipinski definition) is 3. The Balaban J connectivity index is 1.77. The first-order valence-corrected chi connectivity index (χ1v) is 9.18. The minimum Gasteiger partial charge on any atom is -0.337 e. The van der Waals surface area contributed by atoms with Crippen molar-refractivity contribution in [2.75, 3.05) is 13.3 Å². The average Bonchev–Trinajstić information content (AvgIpc) is 2.97. The normalized spacial score (nSPS) is 10.9. The van der Waals surface area contributed by atoms with Gasteiger partial charge in [-0.05, 0) is 53.6 Å². The van der Waals surface area contributed by atoms with Crippen molar-refractivity contribution in [1.82, 2.24) is 4.90 Å². The van der Waals surface area contributed by atoms with Crippen molar-refractivity contribution in [3.05, 3.63) is 64.8 Å². The average molecular weight is 345 g/mol. The lowest BCUT2D eigenvalue weighted by Crippen LogP contribution is -2.25. The van der Waals surface area contributed by atoms with E-state index in [0.29, 0.717) is 11.4 Å². The molecule has 2 nitrogen and oxygen atoms in total. The smallest absolute Gasteiger partial charge is 0.264 e. The molecule has 0 aliphatic carbocycles. The Bertz CT molecular complexity index is 842. The Morgan fingerprint density at radius 3 is 2.61 bits per heavy atom. The highest BCUT2D eigenvalue weighted by molar-refractivity contribution is 7.98. The summed E-state index contributed by atoms with van der Waals surface area (Å²) >= 11 is 3.09. The lowest BCUT2D eigenvalue weighted by molar-refractivity contribution is 0.0790. The molecule has 0 aliphatic heterocycles. The number of thioether (sulfide) groups is 1. The number of halogens is 1. The Morgan fingerprint density at radius 1 is 1.17 bits per heavy atom. The van der Waals surface area contributed by atoms with Gasteiger partial charge in [-0.3, -0.25) is 4.79 Å². The predicted octanol–water partition coefficient (Wildman–Crippen LogP) is 5.03. The van der Waals surface area contributed by atoms with Crippen LogP contribution in [0.1, 0.15) is 15.2 Å². The number of fused-ring (bicyclic) bond motifs is 1. The van der Waals surface area contributed by atoms with Gasteiger partial charge in [-0.25, -0.2) is 4.39 Å². The molecule has 0 fully saturated rings. The molecule has 0 N–H and O–H groups in total. The van der Waals surface area contributed by atoms with E-state index in [1.54, 1.807) is 35.8 Å². The molecule has 0 bridgehead atoms.